The number of carbonyl (C=O) groups is 1. The van der Waals surface area contributed by atoms with E-state index >= 15 is 0 Å². The minimum Gasteiger partial charge on any atom is -0.497 e. The summed E-state index contributed by atoms with van der Waals surface area (Å²) in [7, 11) is -2.13. The number of hydrogen-bond donors (Lipinski definition) is 0. The van der Waals surface area contributed by atoms with Gasteiger partial charge in [-0.1, -0.05) is 54.1 Å². The minimum absolute atomic E-state index is 0.168. The van der Waals surface area contributed by atoms with Crippen LogP contribution in [-0.2, 0) is 23.1 Å². The van der Waals surface area contributed by atoms with E-state index in [2.05, 4.69) is 0 Å². The van der Waals surface area contributed by atoms with Gasteiger partial charge in [0.1, 0.15) is 5.75 Å². The number of ether oxygens (including phenoxy) is 2. The first-order valence-electron chi connectivity index (χ1n) is 11.0. The van der Waals surface area contributed by atoms with Gasteiger partial charge in [0.05, 0.1) is 26.2 Å². The number of rotatable bonds is 10. The van der Waals surface area contributed by atoms with Crippen molar-refractivity contribution in [2.75, 3.05) is 20.3 Å². The summed E-state index contributed by atoms with van der Waals surface area (Å²) in [6.07, 6.45) is 0. The second-order valence-electron chi connectivity index (χ2n) is 7.77. The zero-order valence-electron chi connectivity index (χ0n) is 19.7. The lowest BCUT2D eigenvalue weighted by Gasteiger charge is -2.27. The average molecular weight is 471 g/mol. The first-order chi connectivity index (χ1) is 15.8. The molecular weight excluding hydrogens is 439 g/mol. The number of aryl methyl sites for hydroxylation is 1. The molecule has 2 atom stereocenters. The van der Waals surface area contributed by atoms with Gasteiger partial charge in [0.2, 0.25) is 5.85 Å². The molecule has 0 fully saturated rings. The summed E-state index contributed by atoms with van der Waals surface area (Å²) in [6, 6.07) is 18.9. The van der Waals surface area contributed by atoms with Crippen LogP contribution in [-0.4, -0.2) is 26.3 Å². The molecule has 0 amide bonds. The van der Waals surface area contributed by atoms with Gasteiger partial charge in [0, 0.05) is 5.56 Å². The molecule has 33 heavy (non-hydrogen) atoms. The Balaban J connectivity index is 1.91. The zero-order chi connectivity index (χ0) is 24.0. The molecule has 0 saturated carbocycles. The van der Waals surface area contributed by atoms with Crippen LogP contribution < -0.4 is 4.74 Å². The van der Waals surface area contributed by atoms with Gasteiger partial charge in [-0.25, -0.2) is 0 Å². The summed E-state index contributed by atoms with van der Waals surface area (Å²) in [6.45, 7) is 7.51. The molecule has 0 aliphatic rings. The Morgan fingerprint density at radius 3 is 2.06 bits per heavy atom. The molecule has 0 heterocycles. The average Bonchev–Trinajstić information content (AvgIpc) is 2.82. The van der Waals surface area contributed by atoms with Crippen LogP contribution >= 0.6 is 7.60 Å². The van der Waals surface area contributed by atoms with Crippen LogP contribution in [0.3, 0.4) is 0 Å². The Morgan fingerprint density at radius 1 is 0.879 bits per heavy atom. The molecule has 0 bridgehead atoms. The summed E-state index contributed by atoms with van der Waals surface area (Å²) in [5.74, 6) is -1.47. The Labute approximate surface area is 195 Å². The number of benzene rings is 3. The maximum Gasteiger partial charge on any atom is 0.375 e. The number of fused-ring (bicyclic) bond motifs is 1. The monoisotopic (exact) mass is 470 g/mol. The van der Waals surface area contributed by atoms with Crippen molar-refractivity contribution in [2.45, 2.75) is 39.5 Å². The van der Waals surface area contributed by atoms with E-state index in [1.54, 1.807) is 40.0 Å². The van der Waals surface area contributed by atoms with Crippen molar-refractivity contribution in [3.8, 4) is 5.75 Å². The molecule has 7 heteroatoms. The lowest BCUT2D eigenvalue weighted by atomic mass is 9.98. The van der Waals surface area contributed by atoms with E-state index in [1.807, 2.05) is 55.5 Å². The molecule has 176 valence electrons. The predicted octanol–water partition coefficient (Wildman–Crippen LogP) is 6.77. The Kier molecular flexibility index (Phi) is 8.30. The van der Waals surface area contributed by atoms with E-state index in [9.17, 15) is 9.36 Å². The van der Waals surface area contributed by atoms with Gasteiger partial charge in [-0.3, -0.25) is 9.36 Å². The molecule has 0 aromatic heterocycles. The number of esters is 1. The van der Waals surface area contributed by atoms with Crippen molar-refractivity contribution in [2.24, 2.45) is 0 Å². The van der Waals surface area contributed by atoms with E-state index in [0.717, 1.165) is 27.6 Å². The SMILES string of the molecule is CCOP(=O)(OCC)[C@H](OC(=O)[C@@H](C)c1ccc2cc(OC)ccc2c1)c1ccc(C)cc1. The summed E-state index contributed by atoms with van der Waals surface area (Å²) in [5, 5.41) is 1.99. The molecular formula is C26H31O6P. The number of carbonyl (C=O) groups excluding carboxylic acids is 1. The summed E-state index contributed by atoms with van der Waals surface area (Å²) < 4.78 is 35.8. The topological polar surface area (TPSA) is 71.1 Å². The van der Waals surface area contributed by atoms with Crippen LogP contribution in [0.25, 0.3) is 10.8 Å². The van der Waals surface area contributed by atoms with E-state index in [0.29, 0.717) is 5.56 Å². The van der Waals surface area contributed by atoms with Gasteiger partial charge in [0.15, 0.2) is 0 Å². The van der Waals surface area contributed by atoms with Crippen LogP contribution in [0.5, 0.6) is 5.75 Å². The molecule has 0 aliphatic heterocycles. The fraction of sp³-hybridized carbons (Fsp3) is 0.346. The molecule has 6 nitrogen and oxygen atoms in total. The minimum atomic E-state index is -3.76. The van der Waals surface area contributed by atoms with Crippen molar-refractivity contribution in [3.05, 3.63) is 77.4 Å². The standard InChI is InChI=1S/C26H31O6P/c1-6-30-33(28,31-7-2)26(20-10-8-18(3)9-11-20)32-25(27)19(4)21-12-13-23-17-24(29-5)15-14-22(23)16-21/h8-17,19,26H,6-7H2,1-5H3/t19-,26-/m0/s1. The van der Waals surface area contributed by atoms with Crippen molar-refractivity contribution in [1.29, 1.82) is 0 Å². The van der Waals surface area contributed by atoms with Gasteiger partial charge >= 0.3 is 13.6 Å². The van der Waals surface area contributed by atoms with Gasteiger partial charge in [-0.2, -0.15) is 0 Å². The molecule has 3 aromatic rings. The quantitative estimate of drug-likeness (QED) is 0.241. The fourth-order valence-corrected chi connectivity index (χ4v) is 5.40. The van der Waals surface area contributed by atoms with E-state index < -0.39 is 25.3 Å². The maximum absolute atomic E-state index is 13.6. The molecule has 0 radical (unpaired) electrons. The zero-order valence-corrected chi connectivity index (χ0v) is 20.6. The Bertz CT molecular complexity index is 1130. The van der Waals surface area contributed by atoms with Gasteiger partial charge in [-0.15, -0.1) is 0 Å². The highest BCUT2D eigenvalue weighted by molar-refractivity contribution is 7.54. The van der Waals surface area contributed by atoms with Gasteiger partial charge in [-0.05, 0) is 56.2 Å². The molecule has 0 N–H and O–H groups in total. The molecule has 0 saturated heterocycles. The highest BCUT2D eigenvalue weighted by atomic mass is 31.2. The van der Waals surface area contributed by atoms with Crippen molar-refractivity contribution in [3.63, 3.8) is 0 Å². The largest absolute Gasteiger partial charge is 0.497 e. The molecule has 3 rings (SSSR count). The van der Waals surface area contributed by atoms with Crippen LogP contribution in [0.4, 0.5) is 0 Å². The van der Waals surface area contributed by atoms with Crippen molar-refractivity contribution in [1.82, 2.24) is 0 Å². The van der Waals surface area contributed by atoms with Crippen LogP contribution in [0.2, 0.25) is 0 Å². The van der Waals surface area contributed by atoms with E-state index in [1.165, 1.54) is 0 Å². The third-order valence-corrected chi connectivity index (χ3v) is 7.63. The van der Waals surface area contributed by atoms with E-state index in [-0.39, 0.29) is 13.2 Å². The Morgan fingerprint density at radius 2 is 1.45 bits per heavy atom. The first-order valence-corrected chi connectivity index (χ1v) is 12.7. The predicted molar refractivity (Wildman–Crippen MR) is 130 cm³/mol. The molecule has 0 spiro atoms. The highest BCUT2D eigenvalue weighted by Crippen LogP contribution is 2.61. The Hall–Kier alpha value is -2.66. The van der Waals surface area contributed by atoms with Crippen LogP contribution in [0.15, 0.2) is 60.7 Å². The lowest BCUT2D eigenvalue weighted by molar-refractivity contribution is -0.148. The molecule has 0 aliphatic carbocycles. The second kappa shape index (κ2) is 11.0. The third-order valence-electron chi connectivity index (χ3n) is 5.42. The highest BCUT2D eigenvalue weighted by Gasteiger charge is 2.41. The smallest absolute Gasteiger partial charge is 0.375 e. The maximum atomic E-state index is 13.6. The van der Waals surface area contributed by atoms with Gasteiger partial charge in [0.25, 0.3) is 0 Å². The summed E-state index contributed by atoms with van der Waals surface area (Å²) in [5.41, 5.74) is 2.40. The second-order valence-corrected chi connectivity index (χ2v) is 9.83. The van der Waals surface area contributed by atoms with Crippen LogP contribution in [0, 0.1) is 6.92 Å². The number of methoxy groups -OCH3 is 1. The lowest BCUT2D eigenvalue weighted by Crippen LogP contribution is -2.19. The van der Waals surface area contributed by atoms with Crippen LogP contribution in [0.1, 0.15) is 49.2 Å². The first kappa shape index (κ1) is 25.0. The fourth-order valence-electron chi connectivity index (χ4n) is 3.57. The van der Waals surface area contributed by atoms with Gasteiger partial charge < -0.3 is 18.5 Å². The molecule has 0 unspecified atom stereocenters. The van der Waals surface area contributed by atoms with E-state index in [4.69, 9.17) is 18.5 Å². The molecule has 3 aromatic carbocycles. The number of hydrogen-bond acceptors (Lipinski definition) is 6. The normalized spacial score (nSPS) is 13.5. The third kappa shape index (κ3) is 5.83. The van der Waals surface area contributed by atoms with Crippen molar-refractivity contribution < 1.29 is 27.9 Å². The summed E-state index contributed by atoms with van der Waals surface area (Å²) in [4.78, 5) is 13.2. The van der Waals surface area contributed by atoms with Crippen molar-refractivity contribution >= 4 is 24.3 Å². The summed E-state index contributed by atoms with van der Waals surface area (Å²) >= 11 is 0.